The van der Waals surface area contributed by atoms with Crippen molar-refractivity contribution in [3.8, 4) is 17.1 Å². The van der Waals surface area contributed by atoms with Crippen LogP contribution in [-0.2, 0) is 0 Å². The summed E-state index contributed by atoms with van der Waals surface area (Å²) in [5.74, 6) is 0.758. The van der Waals surface area contributed by atoms with Gasteiger partial charge in [0.1, 0.15) is 11.6 Å². The van der Waals surface area contributed by atoms with Gasteiger partial charge in [-0.05, 0) is 18.2 Å². The largest absolute Gasteiger partial charge is 0.496 e. The molecule has 2 aromatic rings. The molecule has 0 aliphatic rings. The minimum atomic E-state index is -0.374. The molecule has 5 heteroatoms. The number of ether oxygens (including phenoxy) is 1. The lowest BCUT2D eigenvalue weighted by atomic mass is 10.1. The second-order valence-corrected chi connectivity index (χ2v) is 2.96. The quantitative estimate of drug-likeness (QED) is 0.820. The zero-order valence-corrected chi connectivity index (χ0v) is 8.03. The van der Waals surface area contributed by atoms with Crippen LogP contribution in [0.4, 0.5) is 10.2 Å². The minimum absolute atomic E-state index is 0.247. The number of nitrogens with zero attached hydrogens (tertiary/aromatic N) is 1. The van der Waals surface area contributed by atoms with Crippen molar-refractivity contribution in [1.82, 2.24) is 5.16 Å². The van der Waals surface area contributed by atoms with E-state index in [-0.39, 0.29) is 11.6 Å². The predicted molar refractivity (Wildman–Crippen MR) is 52.9 cm³/mol. The first kappa shape index (κ1) is 9.51. The number of rotatable bonds is 2. The third-order valence-electron chi connectivity index (χ3n) is 1.96. The number of anilines is 1. The smallest absolute Gasteiger partial charge is 0.172 e. The lowest BCUT2D eigenvalue weighted by molar-refractivity contribution is 0.406. The van der Waals surface area contributed by atoms with Crippen LogP contribution in [0.2, 0.25) is 0 Å². The minimum Gasteiger partial charge on any atom is -0.496 e. The van der Waals surface area contributed by atoms with Crippen LogP contribution in [-0.4, -0.2) is 12.3 Å². The molecule has 0 fully saturated rings. The maximum atomic E-state index is 13.0. The van der Waals surface area contributed by atoms with Gasteiger partial charge in [0.25, 0.3) is 0 Å². The number of halogens is 1. The SMILES string of the molecule is COc1ccc(F)cc1-c1cc(N)no1. The van der Waals surface area contributed by atoms with Gasteiger partial charge in [0, 0.05) is 6.07 Å². The normalized spacial score (nSPS) is 10.3. The molecule has 15 heavy (non-hydrogen) atoms. The van der Waals surface area contributed by atoms with E-state index >= 15 is 0 Å². The van der Waals surface area contributed by atoms with Gasteiger partial charge in [0.2, 0.25) is 0 Å². The third-order valence-corrected chi connectivity index (χ3v) is 1.96. The summed E-state index contributed by atoms with van der Waals surface area (Å²) in [6, 6.07) is 5.64. The van der Waals surface area contributed by atoms with Gasteiger partial charge in [-0.15, -0.1) is 0 Å². The van der Waals surface area contributed by atoms with E-state index in [9.17, 15) is 4.39 Å². The van der Waals surface area contributed by atoms with Gasteiger partial charge in [0.05, 0.1) is 12.7 Å². The maximum absolute atomic E-state index is 13.0. The van der Waals surface area contributed by atoms with Crippen LogP contribution in [0.25, 0.3) is 11.3 Å². The van der Waals surface area contributed by atoms with Crippen molar-refractivity contribution in [1.29, 1.82) is 0 Å². The molecule has 4 nitrogen and oxygen atoms in total. The summed E-state index contributed by atoms with van der Waals surface area (Å²) in [6.07, 6.45) is 0. The number of nitrogens with two attached hydrogens (primary N) is 1. The topological polar surface area (TPSA) is 61.3 Å². The Labute approximate surface area is 85.4 Å². The Morgan fingerprint density at radius 2 is 2.20 bits per heavy atom. The summed E-state index contributed by atoms with van der Waals surface area (Å²) >= 11 is 0. The zero-order chi connectivity index (χ0) is 10.8. The van der Waals surface area contributed by atoms with Crippen molar-refractivity contribution < 1.29 is 13.7 Å². The van der Waals surface area contributed by atoms with Gasteiger partial charge >= 0.3 is 0 Å². The Balaban J connectivity index is 2.55. The van der Waals surface area contributed by atoms with E-state index in [4.69, 9.17) is 15.0 Å². The van der Waals surface area contributed by atoms with Crippen LogP contribution in [0, 0.1) is 5.82 Å². The van der Waals surface area contributed by atoms with E-state index in [1.807, 2.05) is 0 Å². The second-order valence-electron chi connectivity index (χ2n) is 2.96. The number of methoxy groups -OCH3 is 1. The molecule has 0 atom stereocenters. The highest BCUT2D eigenvalue weighted by Crippen LogP contribution is 2.31. The van der Waals surface area contributed by atoms with Crippen molar-refractivity contribution in [2.24, 2.45) is 0 Å². The number of nitrogen functional groups attached to an aromatic ring is 1. The Morgan fingerprint density at radius 1 is 1.40 bits per heavy atom. The average molecular weight is 208 g/mol. The summed E-state index contributed by atoms with van der Waals surface area (Å²) in [6.45, 7) is 0. The zero-order valence-electron chi connectivity index (χ0n) is 8.03. The molecule has 0 bridgehead atoms. The fourth-order valence-corrected chi connectivity index (χ4v) is 1.29. The van der Waals surface area contributed by atoms with Crippen LogP contribution >= 0.6 is 0 Å². The first-order valence-electron chi connectivity index (χ1n) is 4.27. The highest BCUT2D eigenvalue weighted by atomic mass is 19.1. The van der Waals surface area contributed by atoms with Crippen molar-refractivity contribution in [3.05, 3.63) is 30.1 Å². The predicted octanol–water partition coefficient (Wildman–Crippen LogP) is 2.07. The van der Waals surface area contributed by atoms with Gasteiger partial charge in [-0.1, -0.05) is 5.16 Å². The molecule has 1 aromatic carbocycles. The molecule has 0 amide bonds. The number of hydrogen-bond donors (Lipinski definition) is 1. The standard InChI is InChI=1S/C10H9FN2O2/c1-14-8-3-2-6(11)4-7(8)9-5-10(12)13-15-9/h2-5H,1H3,(H2,12,13). The highest BCUT2D eigenvalue weighted by Gasteiger charge is 2.11. The van der Waals surface area contributed by atoms with Gasteiger partial charge < -0.3 is 15.0 Å². The van der Waals surface area contributed by atoms with Crippen LogP contribution in [0.1, 0.15) is 0 Å². The van der Waals surface area contributed by atoms with Gasteiger partial charge in [-0.2, -0.15) is 0 Å². The number of benzene rings is 1. The van der Waals surface area contributed by atoms with E-state index in [2.05, 4.69) is 5.16 Å². The van der Waals surface area contributed by atoms with Crippen molar-refractivity contribution in [2.45, 2.75) is 0 Å². The molecule has 1 heterocycles. The molecular formula is C10H9FN2O2. The molecule has 2 N–H and O–H groups in total. The fraction of sp³-hybridized carbons (Fsp3) is 0.100. The van der Waals surface area contributed by atoms with Crippen LogP contribution in [0.3, 0.4) is 0 Å². The Hall–Kier alpha value is -2.04. The molecule has 78 valence electrons. The third kappa shape index (κ3) is 1.76. The molecule has 0 saturated carbocycles. The van der Waals surface area contributed by atoms with Crippen LogP contribution < -0.4 is 10.5 Å². The summed E-state index contributed by atoms with van der Waals surface area (Å²) in [7, 11) is 1.50. The van der Waals surface area contributed by atoms with E-state index in [1.54, 1.807) is 0 Å². The molecule has 0 aliphatic heterocycles. The molecule has 0 saturated heterocycles. The Morgan fingerprint density at radius 3 is 2.80 bits per heavy atom. The molecule has 0 spiro atoms. The summed E-state index contributed by atoms with van der Waals surface area (Å²) in [5, 5.41) is 3.52. The first-order chi connectivity index (χ1) is 7.20. The molecule has 0 aliphatic carbocycles. The fourth-order valence-electron chi connectivity index (χ4n) is 1.29. The van der Waals surface area contributed by atoms with Crippen LogP contribution in [0.5, 0.6) is 5.75 Å². The molecule has 2 rings (SSSR count). The van der Waals surface area contributed by atoms with E-state index in [1.165, 1.54) is 31.4 Å². The van der Waals surface area contributed by atoms with Crippen molar-refractivity contribution in [2.75, 3.05) is 12.8 Å². The monoisotopic (exact) mass is 208 g/mol. The second kappa shape index (κ2) is 3.61. The van der Waals surface area contributed by atoms with Crippen molar-refractivity contribution in [3.63, 3.8) is 0 Å². The Kier molecular flexibility index (Phi) is 2.29. The molecule has 0 radical (unpaired) electrons. The maximum Gasteiger partial charge on any atom is 0.172 e. The summed E-state index contributed by atoms with van der Waals surface area (Å²) < 4.78 is 23.0. The first-order valence-corrected chi connectivity index (χ1v) is 4.27. The lowest BCUT2D eigenvalue weighted by Gasteiger charge is -2.04. The van der Waals surface area contributed by atoms with Gasteiger partial charge in [0.15, 0.2) is 11.6 Å². The summed E-state index contributed by atoms with van der Waals surface area (Å²) in [4.78, 5) is 0. The Bertz CT molecular complexity index is 482. The molecule has 0 unspecified atom stereocenters. The van der Waals surface area contributed by atoms with E-state index < -0.39 is 0 Å². The highest BCUT2D eigenvalue weighted by molar-refractivity contribution is 5.67. The lowest BCUT2D eigenvalue weighted by Crippen LogP contribution is -1.88. The molecule has 1 aromatic heterocycles. The van der Waals surface area contributed by atoms with Gasteiger partial charge in [-0.25, -0.2) is 4.39 Å². The van der Waals surface area contributed by atoms with Crippen LogP contribution in [0.15, 0.2) is 28.8 Å². The molecular weight excluding hydrogens is 199 g/mol. The number of aromatic nitrogens is 1. The number of hydrogen-bond acceptors (Lipinski definition) is 4. The van der Waals surface area contributed by atoms with Crippen molar-refractivity contribution >= 4 is 5.82 Å². The average Bonchev–Trinajstić information content (AvgIpc) is 2.65. The summed E-state index contributed by atoms with van der Waals surface area (Å²) in [5.41, 5.74) is 5.89. The van der Waals surface area contributed by atoms with E-state index in [0.717, 1.165) is 0 Å². The van der Waals surface area contributed by atoms with Gasteiger partial charge in [-0.3, -0.25) is 0 Å². The van der Waals surface area contributed by atoms with E-state index in [0.29, 0.717) is 17.1 Å².